The second kappa shape index (κ2) is 7.88. The van der Waals surface area contributed by atoms with Gasteiger partial charge in [0.1, 0.15) is 0 Å². The molecule has 0 bridgehead atoms. The highest BCUT2D eigenvalue weighted by Gasteiger charge is 2.16. The lowest BCUT2D eigenvalue weighted by Crippen LogP contribution is -2.36. The largest absolute Gasteiger partial charge is 0.391 e. The predicted octanol–water partition coefficient (Wildman–Crippen LogP) is 2.50. The van der Waals surface area contributed by atoms with Gasteiger partial charge in [0.2, 0.25) is 0 Å². The molecule has 0 saturated heterocycles. The fraction of sp³-hybridized carbons (Fsp3) is 0.389. The Kier molecular flexibility index (Phi) is 5.87. The summed E-state index contributed by atoms with van der Waals surface area (Å²) in [6.45, 7) is 6.30. The van der Waals surface area contributed by atoms with Crippen molar-refractivity contribution in [3.05, 3.63) is 53.7 Å². The molecule has 1 atom stereocenters. The summed E-state index contributed by atoms with van der Waals surface area (Å²) < 4.78 is 0. The Morgan fingerprint density at radius 1 is 1.12 bits per heavy atom. The summed E-state index contributed by atoms with van der Waals surface area (Å²) >= 11 is 0. The van der Waals surface area contributed by atoms with E-state index >= 15 is 0 Å². The number of hydrogen-bond acceptors (Lipinski definition) is 4. The molecule has 24 heavy (non-hydrogen) atoms. The number of benzene rings is 1. The monoisotopic (exact) mass is 328 g/mol. The van der Waals surface area contributed by atoms with Crippen LogP contribution in [0.5, 0.6) is 0 Å². The van der Waals surface area contributed by atoms with Crippen LogP contribution in [-0.2, 0) is 11.8 Å². The van der Waals surface area contributed by atoms with Crippen molar-refractivity contribution in [2.45, 2.75) is 38.7 Å². The summed E-state index contributed by atoms with van der Waals surface area (Å²) in [6.07, 6.45) is -0.159. The number of aliphatic hydroxyl groups is 1. The third-order valence-corrected chi connectivity index (χ3v) is 3.49. The third kappa shape index (κ3) is 5.62. The van der Waals surface area contributed by atoms with Gasteiger partial charge in [0.25, 0.3) is 0 Å². The first kappa shape index (κ1) is 17.9. The Bertz CT molecular complexity index is 651. The number of aromatic nitrogens is 2. The van der Waals surface area contributed by atoms with E-state index in [9.17, 15) is 9.90 Å². The van der Waals surface area contributed by atoms with Gasteiger partial charge in [-0.3, -0.25) is 5.32 Å². The van der Waals surface area contributed by atoms with Crippen LogP contribution in [0.1, 0.15) is 32.0 Å². The van der Waals surface area contributed by atoms with Crippen LogP contribution in [0, 0.1) is 0 Å². The predicted molar refractivity (Wildman–Crippen MR) is 93.9 cm³/mol. The van der Waals surface area contributed by atoms with E-state index in [0.29, 0.717) is 12.2 Å². The molecule has 1 heterocycles. The molecule has 128 valence electrons. The van der Waals surface area contributed by atoms with Crippen molar-refractivity contribution < 1.29 is 9.90 Å². The van der Waals surface area contributed by atoms with E-state index in [0.717, 1.165) is 11.3 Å². The molecule has 1 unspecified atom stereocenters. The van der Waals surface area contributed by atoms with Crippen LogP contribution in [0.4, 0.5) is 10.6 Å². The van der Waals surface area contributed by atoms with Gasteiger partial charge in [-0.25, -0.2) is 4.79 Å². The van der Waals surface area contributed by atoms with Gasteiger partial charge in [-0.05, 0) is 17.7 Å². The average molecular weight is 328 g/mol. The first-order valence-electron chi connectivity index (χ1n) is 7.95. The molecule has 1 aromatic carbocycles. The molecule has 0 aliphatic rings. The standard InChI is InChI=1S/C18H24N4O2/c1-18(2,3)15-9-10-16(22-21-15)20-17(24)19-12-14(23)11-13-7-5-4-6-8-13/h4-10,14,23H,11-12H2,1-3H3,(H2,19,20,22,24). The zero-order valence-electron chi connectivity index (χ0n) is 14.3. The molecule has 0 aliphatic heterocycles. The van der Waals surface area contributed by atoms with Crippen molar-refractivity contribution in [3.63, 3.8) is 0 Å². The average Bonchev–Trinajstić information content (AvgIpc) is 2.53. The summed E-state index contributed by atoms with van der Waals surface area (Å²) in [4.78, 5) is 11.9. The molecule has 2 rings (SSSR count). The van der Waals surface area contributed by atoms with Crippen LogP contribution in [0.3, 0.4) is 0 Å². The number of anilines is 1. The van der Waals surface area contributed by atoms with Gasteiger partial charge in [0, 0.05) is 18.4 Å². The number of nitrogens with zero attached hydrogens (tertiary/aromatic N) is 2. The zero-order chi connectivity index (χ0) is 17.6. The number of urea groups is 1. The zero-order valence-corrected chi connectivity index (χ0v) is 14.3. The van der Waals surface area contributed by atoms with Crippen LogP contribution in [0.25, 0.3) is 0 Å². The van der Waals surface area contributed by atoms with Gasteiger partial charge < -0.3 is 10.4 Å². The molecule has 0 radical (unpaired) electrons. The van der Waals surface area contributed by atoms with E-state index in [-0.39, 0.29) is 12.0 Å². The smallest absolute Gasteiger partial charge is 0.320 e. The van der Waals surface area contributed by atoms with Crippen molar-refractivity contribution >= 4 is 11.8 Å². The SMILES string of the molecule is CC(C)(C)c1ccc(NC(=O)NCC(O)Cc2ccccc2)nn1. The number of amides is 2. The van der Waals surface area contributed by atoms with Gasteiger partial charge in [-0.1, -0.05) is 51.1 Å². The summed E-state index contributed by atoms with van der Waals surface area (Å²) in [5.41, 5.74) is 1.79. The lowest BCUT2D eigenvalue weighted by Gasteiger charge is -2.17. The van der Waals surface area contributed by atoms with E-state index in [1.54, 1.807) is 6.07 Å². The second-order valence-corrected chi connectivity index (χ2v) is 6.73. The van der Waals surface area contributed by atoms with Crippen molar-refractivity contribution in [1.82, 2.24) is 15.5 Å². The lowest BCUT2D eigenvalue weighted by atomic mass is 9.92. The van der Waals surface area contributed by atoms with E-state index in [1.807, 2.05) is 57.2 Å². The molecule has 2 amide bonds. The Morgan fingerprint density at radius 2 is 1.83 bits per heavy atom. The number of carbonyl (C=O) groups is 1. The van der Waals surface area contributed by atoms with E-state index in [2.05, 4.69) is 20.8 Å². The normalized spacial score (nSPS) is 12.5. The Balaban J connectivity index is 1.78. The first-order chi connectivity index (χ1) is 11.3. The Labute approximate surface area is 142 Å². The number of carbonyl (C=O) groups excluding carboxylic acids is 1. The number of rotatable bonds is 5. The molecular weight excluding hydrogens is 304 g/mol. The molecule has 0 aliphatic carbocycles. The van der Waals surface area contributed by atoms with Gasteiger partial charge in [-0.2, -0.15) is 5.10 Å². The number of nitrogens with one attached hydrogen (secondary N) is 2. The molecule has 6 nitrogen and oxygen atoms in total. The Hall–Kier alpha value is -2.47. The van der Waals surface area contributed by atoms with E-state index in [1.165, 1.54) is 0 Å². The highest BCUT2D eigenvalue weighted by atomic mass is 16.3. The maximum Gasteiger partial charge on any atom is 0.320 e. The lowest BCUT2D eigenvalue weighted by molar-refractivity contribution is 0.172. The van der Waals surface area contributed by atoms with Crippen molar-refractivity contribution in [2.24, 2.45) is 0 Å². The molecule has 0 saturated carbocycles. The van der Waals surface area contributed by atoms with Crippen molar-refractivity contribution in [1.29, 1.82) is 0 Å². The fourth-order valence-corrected chi connectivity index (χ4v) is 2.13. The van der Waals surface area contributed by atoms with Crippen LogP contribution in [0.2, 0.25) is 0 Å². The highest BCUT2D eigenvalue weighted by Crippen LogP contribution is 2.19. The quantitative estimate of drug-likeness (QED) is 0.787. The molecular formula is C18H24N4O2. The van der Waals surface area contributed by atoms with E-state index < -0.39 is 12.1 Å². The number of hydrogen-bond donors (Lipinski definition) is 3. The molecule has 2 aromatic rings. The van der Waals surface area contributed by atoms with Crippen LogP contribution >= 0.6 is 0 Å². The van der Waals surface area contributed by atoms with Gasteiger partial charge in [0.15, 0.2) is 5.82 Å². The number of aliphatic hydroxyl groups excluding tert-OH is 1. The van der Waals surface area contributed by atoms with Crippen LogP contribution in [0.15, 0.2) is 42.5 Å². The fourth-order valence-electron chi connectivity index (χ4n) is 2.13. The maximum absolute atomic E-state index is 11.9. The molecule has 0 spiro atoms. The third-order valence-electron chi connectivity index (χ3n) is 3.49. The molecule has 1 aromatic heterocycles. The van der Waals surface area contributed by atoms with E-state index in [4.69, 9.17) is 0 Å². The van der Waals surface area contributed by atoms with Crippen molar-refractivity contribution in [2.75, 3.05) is 11.9 Å². The summed E-state index contributed by atoms with van der Waals surface area (Å²) in [5, 5.41) is 23.3. The highest BCUT2D eigenvalue weighted by molar-refractivity contribution is 5.88. The van der Waals surface area contributed by atoms with Crippen LogP contribution in [-0.4, -0.2) is 34.0 Å². The minimum atomic E-state index is -0.646. The maximum atomic E-state index is 11.9. The van der Waals surface area contributed by atoms with Crippen molar-refractivity contribution in [3.8, 4) is 0 Å². The Morgan fingerprint density at radius 3 is 2.42 bits per heavy atom. The van der Waals surface area contributed by atoms with Gasteiger partial charge in [0.05, 0.1) is 11.8 Å². The molecule has 3 N–H and O–H groups in total. The second-order valence-electron chi connectivity index (χ2n) is 6.73. The summed E-state index contributed by atoms with van der Waals surface area (Å²) in [5.74, 6) is 0.373. The van der Waals surface area contributed by atoms with Gasteiger partial charge >= 0.3 is 6.03 Å². The molecule has 0 fully saturated rings. The van der Waals surface area contributed by atoms with Gasteiger partial charge in [-0.15, -0.1) is 5.10 Å². The molecule has 6 heteroatoms. The first-order valence-corrected chi connectivity index (χ1v) is 7.95. The summed E-state index contributed by atoms with van der Waals surface area (Å²) in [6, 6.07) is 12.8. The summed E-state index contributed by atoms with van der Waals surface area (Å²) in [7, 11) is 0. The van der Waals surface area contributed by atoms with Crippen LogP contribution < -0.4 is 10.6 Å². The minimum Gasteiger partial charge on any atom is -0.391 e. The topological polar surface area (TPSA) is 87.1 Å². The minimum absolute atomic E-state index is 0.0880.